The van der Waals surface area contributed by atoms with Gasteiger partial charge < -0.3 is 0 Å². The molecule has 8 heteroatoms. The van der Waals surface area contributed by atoms with Crippen molar-refractivity contribution >= 4 is 32.3 Å². The molecule has 1 aliphatic rings. The standard InChI is InChI=1S/C18H15N3O4S/c1-12-9-14-3-2-4-17(18(14)19-11-12)26(24,25)20-8-7-13-5-6-15(21(22)23)10-16(13)20/h2-6,9-11H,7-8H2,1H3. The molecule has 2 aromatic carbocycles. The molecule has 0 radical (unpaired) electrons. The molecule has 0 bridgehead atoms. The van der Waals surface area contributed by atoms with Crippen molar-refractivity contribution in [1.29, 1.82) is 0 Å². The van der Waals surface area contributed by atoms with E-state index < -0.39 is 14.9 Å². The number of non-ortho nitro benzene ring substituents is 1. The van der Waals surface area contributed by atoms with E-state index in [1.807, 2.05) is 19.1 Å². The lowest BCUT2D eigenvalue weighted by atomic mass is 10.1. The van der Waals surface area contributed by atoms with Gasteiger partial charge in [0.25, 0.3) is 15.7 Å². The molecule has 3 aromatic rings. The van der Waals surface area contributed by atoms with E-state index in [0.29, 0.717) is 17.6 Å². The van der Waals surface area contributed by atoms with Gasteiger partial charge in [-0.3, -0.25) is 19.4 Å². The fourth-order valence-electron chi connectivity index (χ4n) is 3.27. The lowest BCUT2D eigenvalue weighted by Crippen LogP contribution is -2.29. The first-order valence-electron chi connectivity index (χ1n) is 8.03. The van der Waals surface area contributed by atoms with Crippen molar-refractivity contribution in [3.05, 3.63) is 69.9 Å². The first-order valence-corrected chi connectivity index (χ1v) is 9.47. The molecule has 0 unspecified atom stereocenters. The van der Waals surface area contributed by atoms with E-state index in [1.54, 1.807) is 18.3 Å². The van der Waals surface area contributed by atoms with Crippen molar-refractivity contribution in [2.75, 3.05) is 10.8 Å². The minimum atomic E-state index is -3.89. The highest BCUT2D eigenvalue weighted by Gasteiger charge is 2.33. The Morgan fingerprint density at radius 2 is 2.00 bits per heavy atom. The highest BCUT2D eigenvalue weighted by Crippen LogP contribution is 2.36. The van der Waals surface area contributed by atoms with Crippen molar-refractivity contribution in [3.8, 4) is 0 Å². The molecule has 26 heavy (non-hydrogen) atoms. The van der Waals surface area contributed by atoms with Gasteiger partial charge >= 0.3 is 0 Å². The topological polar surface area (TPSA) is 93.4 Å². The van der Waals surface area contributed by atoms with Crippen molar-refractivity contribution in [1.82, 2.24) is 4.98 Å². The Bertz CT molecular complexity index is 1160. The summed E-state index contributed by atoms with van der Waals surface area (Å²) < 4.78 is 27.8. The zero-order chi connectivity index (χ0) is 18.5. The van der Waals surface area contributed by atoms with E-state index in [-0.39, 0.29) is 17.1 Å². The van der Waals surface area contributed by atoms with Crippen LogP contribution in [0.4, 0.5) is 11.4 Å². The molecule has 4 rings (SSSR count). The smallest absolute Gasteiger partial charge is 0.265 e. The first kappa shape index (κ1) is 16.5. The van der Waals surface area contributed by atoms with Crippen LogP contribution < -0.4 is 4.31 Å². The van der Waals surface area contributed by atoms with Gasteiger partial charge in [0.2, 0.25) is 0 Å². The number of sulfonamides is 1. The zero-order valence-corrected chi connectivity index (χ0v) is 14.7. The van der Waals surface area contributed by atoms with Gasteiger partial charge in [0, 0.05) is 30.3 Å². The largest absolute Gasteiger partial charge is 0.271 e. The number of aryl methyl sites for hydroxylation is 1. The molecule has 0 saturated carbocycles. The predicted molar refractivity (Wildman–Crippen MR) is 97.8 cm³/mol. The van der Waals surface area contributed by atoms with E-state index in [9.17, 15) is 18.5 Å². The van der Waals surface area contributed by atoms with Crippen molar-refractivity contribution in [3.63, 3.8) is 0 Å². The summed E-state index contributed by atoms with van der Waals surface area (Å²) in [6.45, 7) is 2.14. The Morgan fingerprint density at radius 3 is 2.77 bits per heavy atom. The monoisotopic (exact) mass is 369 g/mol. The molecule has 0 amide bonds. The zero-order valence-electron chi connectivity index (χ0n) is 13.9. The summed E-state index contributed by atoms with van der Waals surface area (Å²) in [4.78, 5) is 15.0. The number of fused-ring (bicyclic) bond motifs is 2. The lowest BCUT2D eigenvalue weighted by Gasteiger charge is -2.20. The highest BCUT2D eigenvalue weighted by molar-refractivity contribution is 7.93. The summed E-state index contributed by atoms with van der Waals surface area (Å²) in [6.07, 6.45) is 2.15. The number of anilines is 1. The van der Waals surface area contributed by atoms with Crippen LogP contribution in [0.1, 0.15) is 11.1 Å². The van der Waals surface area contributed by atoms with Crippen LogP contribution in [0.2, 0.25) is 0 Å². The van der Waals surface area contributed by atoms with Gasteiger partial charge in [0.15, 0.2) is 0 Å². The SMILES string of the molecule is Cc1cnc2c(S(=O)(=O)N3CCc4ccc([N+](=O)[O-])cc43)cccc2c1. The maximum absolute atomic E-state index is 13.3. The quantitative estimate of drug-likeness (QED) is 0.522. The summed E-state index contributed by atoms with van der Waals surface area (Å²) in [5.74, 6) is 0. The number of para-hydroxylation sites is 1. The van der Waals surface area contributed by atoms with Gasteiger partial charge in [-0.1, -0.05) is 18.2 Å². The molecule has 0 saturated heterocycles. The highest BCUT2D eigenvalue weighted by atomic mass is 32.2. The summed E-state index contributed by atoms with van der Waals surface area (Å²) in [5.41, 5.74) is 2.36. The second-order valence-corrected chi connectivity index (χ2v) is 8.07. The average molecular weight is 369 g/mol. The number of hydrogen-bond donors (Lipinski definition) is 0. The van der Waals surface area contributed by atoms with Crippen LogP contribution in [0.15, 0.2) is 53.6 Å². The second kappa shape index (κ2) is 5.77. The maximum Gasteiger partial charge on any atom is 0.271 e. The van der Waals surface area contributed by atoms with Gasteiger partial charge in [-0.15, -0.1) is 0 Å². The second-order valence-electron chi connectivity index (χ2n) is 6.24. The molecule has 0 atom stereocenters. The minimum absolute atomic E-state index is 0.106. The van der Waals surface area contributed by atoms with Gasteiger partial charge in [0.05, 0.1) is 16.1 Å². The van der Waals surface area contributed by atoms with Crippen molar-refractivity contribution in [2.45, 2.75) is 18.2 Å². The van der Waals surface area contributed by atoms with Crippen LogP contribution in [0.3, 0.4) is 0 Å². The van der Waals surface area contributed by atoms with Gasteiger partial charge in [0.1, 0.15) is 4.90 Å². The van der Waals surface area contributed by atoms with Gasteiger partial charge in [-0.05, 0) is 36.6 Å². The first-order chi connectivity index (χ1) is 12.4. The Morgan fingerprint density at radius 1 is 1.19 bits per heavy atom. The summed E-state index contributed by atoms with van der Waals surface area (Å²) in [5, 5.41) is 11.8. The number of hydrogen-bond acceptors (Lipinski definition) is 5. The minimum Gasteiger partial charge on any atom is -0.265 e. The molecule has 7 nitrogen and oxygen atoms in total. The number of rotatable bonds is 3. The number of aromatic nitrogens is 1. The fraction of sp³-hybridized carbons (Fsp3) is 0.167. The molecule has 0 spiro atoms. The Balaban J connectivity index is 1.88. The summed E-state index contributed by atoms with van der Waals surface area (Å²) in [7, 11) is -3.89. The number of nitrogens with zero attached hydrogens (tertiary/aromatic N) is 3. The van der Waals surface area contributed by atoms with Crippen LogP contribution in [0, 0.1) is 17.0 Å². The average Bonchev–Trinajstić information content (AvgIpc) is 3.04. The van der Waals surface area contributed by atoms with Crippen LogP contribution in [0.5, 0.6) is 0 Å². The third kappa shape index (κ3) is 2.50. The van der Waals surface area contributed by atoms with E-state index in [0.717, 1.165) is 16.5 Å². The molecule has 0 N–H and O–H groups in total. The molecule has 0 aliphatic carbocycles. The fourth-order valence-corrected chi connectivity index (χ4v) is 4.93. The number of pyridine rings is 1. The molecule has 1 aromatic heterocycles. The number of nitro groups is 1. The van der Waals surface area contributed by atoms with Gasteiger partial charge in [-0.25, -0.2) is 8.42 Å². The number of nitro benzene ring substituents is 1. The molecule has 0 fully saturated rings. The normalized spacial score (nSPS) is 13.8. The summed E-state index contributed by atoms with van der Waals surface area (Å²) in [6, 6.07) is 11.2. The van der Waals surface area contributed by atoms with Crippen LogP contribution in [-0.2, 0) is 16.4 Å². The Kier molecular flexibility index (Phi) is 3.66. The van der Waals surface area contributed by atoms with Crippen molar-refractivity contribution in [2.24, 2.45) is 0 Å². The predicted octanol–water partition coefficient (Wildman–Crippen LogP) is 3.20. The summed E-state index contributed by atoms with van der Waals surface area (Å²) >= 11 is 0. The van der Waals surface area contributed by atoms with Crippen LogP contribution in [-0.4, -0.2) is 24.9 Å². The third-order valence-electron chi connectivity index (χ3n) is 4.51. The molecule has 132 valence electrons. The number of benzene rings is 2. The van der Waals surface area contributed by atoms with E-state index >= 15 is 0 Å². The van der Waals surface area contributed by atoms with Crippen molar-refractivity contribution < 1.29 is 13.3 Å². The lowest BCUT2D eigenvalue weighted by molar-refractivity contribution is -0.384. The van der Waals surface area contributed by atoms with Crippen LogP contribution >= 0.6 is 0 Å². The Hall–Kier alpha value is -3.00. The van der Waals surface area contributed by atoms with E-state index in [4.69, 9.17) is 0 Å². The van der Waals surface area contributed by atoms with E-state index in [2.05, 4.69) is 4.98 Å². The molecular weight excluding hydrogens is 354 g/mol. The molecule has 2 heterocycles. The Labute approximate surface area is 150 Å². The van der Waals surface area contributed by atoms with Crippen LogP contribution in [0.25, 0.3) is 10.9 Å². The third-order valence-corrected chi connectivity index (χ3v) is 6.36. The maximum atomic E-state index is 13.3. The van der Waals surface area contributed by atoms with E-state index in [1.165, 1.54) is 22.5 Å². The molecular formula is C18H15N3O4S. The molecule has 1 aliphatic heterocycles. The van der Waals surface area contributed by atoms with Gasteiger partial charge in [-0.2, -0.15) is 0 Å².